The maximum absolute atomic E-state index is 6.54. The lowest BCUT2D eigenvalue weighted by Gasteiger charge is -2.42. The van der Waals surface area contributed by atoms with Crippen molar-refractivity contribution in [3.05, 3.63) is 0 Å². The van der Waals surface area contributed by atoms with Crippen LogP contribution in [0.1, 0.15) is 112 Å². The molecule has 0 amide bonds. The van der Waals surface area contributed by atoms with Gasteiger partial charge in [0.2, 0.25) is 0 Å². The van der Waals surface area contributed by atoms with E-state index in [1.165, 1.54) is 57.8 Å². The van der Waals surface area contributed by atoms with Gasteiger partial charge in [0.15, 0.2) is 0 Å². The van der Waals surface area contributed by atoms with Crippen LogP contribution in [0.4, 0.5) is 0 Å². The molecule has 0 bridgehead atoms. The Kier molecular flexibility index (Phi) is 8.33. The molecule has 0 aromatic heterocycles. The maximum atomic E-state index is 6.54. The van der Waals surface area contributed by atoms with E-state index in [1.807, 2.05) is 0 Å². The Bertz CT molecular complexity index is 568. The van der Waals surface area contributed by atoms with Crippen LogP contribution in [0.5, 0.6) is 0 Å². The van der Waals surface area contributed by atoms with Crippen molar-refractivity contribution in [3.8, 4) is 24.4 Å². The lowest BCUT2D eigenvalue weighted by molar-refractivity contribution is -0.138. The van der Waals surface area contributed by atoms with Crippen LogP contribution in [-0.2, 0) is 9.47 Å². The third-order valence-electron chi connectivity index (χ3n) is 6.08. The van der Waals surface area contributed by atoms with Crippen molar-refractivity contribution in [1.29, 1.82) is 0 Å². The monoisotopic (exact) mass is 386 g/mol. The van der Waals surface area contributed by atoms with E-state index in [2.05, 4.69) is 52.6 Å². The highest BCUT2D eigenvalue weighted by Gasteiger charge is 2.42. The molecule has 2 saturated carbocycles. The molecular weight excluding hydrogens is 344 g/mol. The molecule has 2 nitrogen and oxygen atoms in total. The molecule has 158 valence electrons. The number of rotatable bonds is 7. The number of hydrogen-bond donors (Lipinski definition) is 0. The second kappa shape index (κ2) is 10.1. The summed E-state index contributed by atoms with van der Waals surface area (Å²) in [5.41, 5.74) is -1.32. The van der Waals surface area contributed by atoms with E-state index in [9.17, 15) is 0 Å². The molecule has 0 aromatic rings. The summed E-state index contributed by atoms with van der Waals surface area (Å²) in [5.74, 6) is 7.73. The Morgan fingerprint density at radius 2 is 1.43 bits per heavy atom. The van der Waals surface area contributed by atoms with Gasteiger partial charge in [-0.25, -0.2) is 0 Å². The van der Waals surface area contributed by atoms with Crippen molar-refractivity contribution in [3.63, 3.8) is 0 Å². The average molecular weight is 387 g/mol. The van der Waals surface area contributed by atoms with E-state index < -0.39 is 11.2 Å². The Morgan fingerprint density at radius 1 is 0.857 bits per heavy atom. The molecule has 0 spiro atoms. The van der Waals surface area contributed by atoms with Gasteiger partial charge in [0.25, 0.3) is 0 Å². The summed E-state index contributed by atoms with van der Waals surface area (Å²) in [5, 5.41) is 0. The molecule has 2 fully saturated rings. The predicted molar refractivity (Wildman–Crippen MR) is 118 cm³/mol. The molecule has 2 aliphatic rings. The minimum atomic E-state index is -0.600. The van der Waals surface area contributed by atoms with E-state index in [1.54, 1.807) is 0 Å². The summed E-state index contributed by atoms with van der Waals surface area (Å²) >= 11 is 0. The van der Waals surface area contributed by atoms with Crippen LogP contribution >= 0.6 is 0 Å². The van der Waals surface area contributed by atoms with E-state index in [-0.39, 0.29) is 5.60 Å². The fraction of sp³-hybridized carbons (Fsp3) is 0.846. The van der Waals surface area contributed by atoms with Crippen LogP contribution in [0.25, 0.3) is 0 Å². The van der Waals surface area contributed by atoms with Gasteiger partial charge in [-0.15, -0.1) is 6.42 Å². The van der Waals surface area contributed by atoms with Crippen LogP contribution in [0.2, 0.25) is 0 Å². The van der Waals surface area contributed by atoms with Gasteiger partial charge in [-0.2, -0.15) is 0 Å². The van der Waals surface area contributed by atoms with Gasteiger partial charge in [0, 0.05) is 12.8 Å². The molecule has 2 rings (SSSR count). The summed E-state index contributed by atoms with van der Waals surface area (Å²) in [6.45, 7) is 10.5. The summed E-state index contributed by atoms with van der Waals surface area (Å²) in [6, 6.07) is 0. The van der Waals surface area contributed by atoms with E-state index in [0.717, 1.165) is 18.8 Å². The first-order valence-corrected chi connectivity index (χ1v) is 11.5. The minimum absolute atomic E-state index is 0.286. The molecule has 0 N–H and O–H groups in total. The zero-order valence-electron chi connectivity index (χ0n) is 19.0. The fourth-order valence-corrected chi connectivity index (χ4v) is 5.03. The predicted octanol–water partition coefficient (Wildman–Crippen LogP) is 6.87. The Morgan fingerprint density at radius 3 is 2.00 bits per heavy atom. The van der Waals surface area contributed by atoms with Gasteiger partial charge in [0.1, 0.15) is 17.3 Å². The third kappa shape index (κ3) is 8.09. The maximum Gasteiger partial charge on any atom is 0.133 e. The summed E-state index contributed by atoms with van der Waals surface area (Å²) in [6.07, 6.45) is 23.5. The standard InChI is InChI=1S/C26H42O2/c1-7-26(28-24(2,3)4,20-23-16-9-8-10-17-23)21-25(5,6)27-19-13-18-22-14-11-12-15-22/h1,22-23H,8-12,14-18,20-21H2,2-6H3. The van der Waals surface area contributed by atoms with Gasteiger partial charge in [0.05, 0.1) is 5.60 Å². The lowest BCUT2D eigenvalue weighted by atomic mass is 9.77. The molecule has 2 heteroatoms. The highest BCUT2D eigenvalue weighted by molar-refractivity contribution is 5.13. The molecule has 1 unspecified atom stereocenters. The fourth-order valence-electron chi connectivity index (χ4n) is 5.03. The first-order chi connectivity index (χ1) is 13.1. The summed E-state index contributed by atoms with van der Waals surface area (Å²) in [7, 11) is 0. The van der Waals surface area contributed by atoms with E-state index >= 15 is 0 Å². The molecule has 0 aromatic carbocycles. The van der Waals surface area contributed by atoms with Crippen LogP contribution in [0, 0.1) is 36.2 Å². The molecule has 1 atom stereocenters. The first kappa shape index (κ1) is 23.2. The smallest absolute Gasteiger partial charge is 0.133 e. The van der Waals surface area contributed by atoms with Gasteiger partial charge in [-0.1, -0.05) is 56.8 Å². The van der Waals surface area contributed by atoms with Crippen LogP contribution in [0.3, 0.4) is 0 Å². The second-order valence-electron chi connectivity index (χ2n) is 10.7. The first-order valence-electron chi connectivity index (χ1n) is 11.5. The van der Waals surface area contributed by atoms with Gasteiger partial charge >= 0.3 is 0 Å². The molecule has 2 aliphatic carbocycles. The Balaban J connectivity index is 2.03. The van der Waals surface area contributed by atoms with Crippen molar-refractivity contribution in [2.24, 2.45) is 11.8 Å². The number of terminal acetylenes is 1. The highest BCUT2D eigenvalue weighted by Crippen LogP contribution is 2.39. The SMILES string of the molecule is C#CC(CC1CCCCC1)(CC(C)(C)OC#CCC1CCCC1)OC(C)(C)C. The number of hydrogen-bond acceptors (Lipinski definition) is 2. The van der Waals surface area contributed by atoms with E-state index in [4.69, 9.17) is 15.9 Å². The van der Waals surface area contributed by atoms with Crippen molar-refractivity contribution < 1.29 is 9.47 Å². The van der Waals surface area contributed by atoms with Crippen LogP contribution < -0.4 is 0 Å². The van der Waals surface area contributed by atoms with Crippen molar-refractivity contribution in [2.75, 3.05) is 0 Å². The van der Waals surface area contributed by atoms with Crippen molar-refractivity contribution in [1.82, 2.24) is 0 Å². The van der Waals surface area contributed by atoms with Crippen LogP contribution in [0.15, 0.2) is 0 Å². The largest absolute Gasteiger partial charge is 0.440 e. The molecular formula is C26H42O2. The van der Waals surface area contributed by atoms with Crippen molar-refractivity contribution >= 4 is 0 Å². The normalized spacial score (nSPS) is 21.4. The van der Waals surface area contributed by atoms with Gasteiger partial charge in [-0.3, -0.25) is 0 Å². The average Bonchev–Trinajstić information content (AvgIpc) is 3.11. The Labute approximate surface area is 174 Å². The molecule has 0 aliphatic heterocycles. The van der Waals surface area contributed by atoms with Gasteiger partial charge < -0.3 is 9.47 Å². The molecule has 0 saturated heterocycles. The quantitative estimate of drug-likeness (QED) is 0.444. The molecule has 28 heavy (non-hydrogen) atoms. The summed E-state index contributed by atoms with van der Waals surface area (Å²) < 4.78 is 12.6. The molecule has 0 radical (unpaired) electrons. The molecule has 0 heterocycles. The van der Waals surface area contributed by atoms with E-state index in [0.29, 0.717) is 12.3 Å². The number of ether oxygens (including phenoxy) is 2. The zero-order chi connectivity index (χ0) is 20.7. The van der Waals surface area contributed by atoms with Crippen LogP contribution in [-0.4, -0.2) is 16.8 Å². The summed E-state index contributed by atoms with van der Waals surface area (Å²) in [4.78, 5) is 0. The van der Waals surface area contributed by atoms with Gasteiger partial charge in [-0.05, 0) is 65.7 Å². The van der Waals surface area contributed by atoms with Crippen molar-refractivity contribution in [2.45, 2.75) is 128 Å². The topological polar surface area (TPSA) is 18.5 Å². The Hall–Kier alpha value is -1.12. The highest BCUT2D eigenvalue weighted by atomic mass is 16.5. The second-order valence-corrected chi connectivity index (χ2v) is 10.7. The zero-order valence-corrected chi connectivity index (χ0v) is 19.0. The minimum Gasteiger partial charge on any atom is -0.440 e. The third-order valence-corrected chi connectivity index (χ3v) is 6.08. The lowest BCUT2D eigenvalue weighted by Crippen LogP contribution is -2.46.